The number of ether oxygens (including phenoxy) is 1. The zero-order valence-corrected chi connectivity index (χ0v) is 20.3. The molecule has 0 bridgehead atoms. The van der Waals surface area contributed by atoms with E-state index in [1.807, 2.05) is 0 Å². The van der Waals surface area contributed by atoms with E-state index in [2.05, 4.69) is 10.6 Å². The first-order valence-electron chi connectivity index (χ1n) is 10.7. The molecule has 0 unspecified atom stereocenters. The molecule has 3 rings (SSSR count). The van der Waals surface area contributed by atoms with Crippen LogP contribution in [0.2, 0.25) is 10.0 Å². The zero-order chi connectivity index (χ0) is 25.4. The molecule has 2 amide bonds. The summed E-state index contributed by atoms with van der Waals surface area (Å²) in [5, 5.41) is 16.8. The lowest BCUT2D eigenvalue weighted by molar-refractivity contribution is -0.146. The minimum Gasteiger partial charge on any atom is -0.467 e. The summed E-state index contributed by atoms with van der Waals surface area (Å²) in [6.07, 6.45) is -1.78. The topological polar surface area (TPSA) is 105 Å². The number of hydrogen-bond donors (Lipinski definition) is 3. The molecule has 3 atom stereocenters. The smallest absolute Gasteiger partial charge is 0.328 e. The van der Waals surface area contributed by atoms with Crippen molar-refractivity contribution < 1.29 is 24.2 Å². The summed E-state index contributed by atoms with van der Waals surface area (Å²) >= 11 is 12.4. The number of carbonyl (C=O) groups is 3. The molecule has 0 aliphatic heterocycles. The van der Waals surface area contributed by atoms with Crippen LogP contribution in [0.1, 0.15) is 27.5 Å². The average Bonchev–Trinajstić information content (AvgIpc) is 2.88. The molecular weight excluding hydrogens is 491 g/mol. The first kappa shape index (κ1) is 26.2. The summed E-state index contributed by atoms with van der Waals surface area (Å²) in [7, 11) is 1.18. The van der Waals surface area contributed by atoms with E-state index in [4.69, 9.17) is 27.9 Å². The summed E-state index contributed by atoms with van der Waals surface area (Å²) in [6, 6.07) is 19.6. The predicted octanol–water partition coefficient (Wildman–Crippen LogP) is 3.73. The van der Waals surface area contributed by atoms with Crippen molar-refractivity contribution in [1.82, 2.24) is 10.6 Å². The van der Waals surface area contributed by atoms with Crippen LogP contribution in [-0.4, -0.2) is 42.1 Å². The maximum absolute atomic E-state index is 13.1. The quantitative estimate of drug-likeness (QED) is 0.377. The van der Waals surface area contributed by atoms with Crippen molar-refractivity contribution in [1.29, 1.82) is 0 Å². The average molecular weight is 515 g/mol. The van der Waals surface area contributed by atoms with E-state index in [0.717, 1.165) is 0 Å². The lowest BCUT2D eigenvalue weighted by Crippen LogP contribution is -2.51. The van der Waals surface area contributed by atoms with Gasteiger partial charge in [-0.05, 0) is 35.4 Å². The molecule has 0 aliphatic carbocycles. The molecule has 0 saturated carbocycles. The molecular formula is C26H24Cl2N2O5. The molecule has 9 heteroatoms. The number of hydrogen-bond acceptors (Lipinski definition) is 5. The fourth-order valence-corrected chi connectivity index (χ4v) is 4.05. The van der Waals surface area contributed by atoms with Gasteiger partial charge in [0, 0.05) is 22.0 Å². The Hall–Kier alpha value is -3.39. The zero-order valence-electron chi connectivity index (χ0n) is 18.8. The van der Waals surface area contributed by atoms with E-state index in [1.165, 1.54) is 7.11 Å². The Labute approximate surface area is 213 Å². The number of nitrogens with one attached hydrogen (secondary N) is 2. The fourth-order valence-electron chi connectivity index (χ4n) is 3.49. The number of amides is 2. The largest absolute Gasteiger partial charge is 0.467 e. The van der Waals surface area contributed by atoms with Crippen LogP contribution in [0.5, 0.6) is 0 Å². The third-order valence-corrected chi connectivity index (χ3v) is 6.05. The van der Waals surface area contributed by atoms with Crippen LogP contribution in [-0.2, 0) is 20.7 Å². The molecule has 0 saturated heterocycles. The molecule has 0 aliphatic rings. The van der Waals surface area contributed by atoms with Crippen molar-refractivity contribution >= 4 is 41.0 Å². The Morgan fingerprint density at radius 3 is 2.00 bits per heavy atom. The molecule has 0 fully saturated rings. The third-order valence-electron chi connectivity index (χ3n) is 5.34. The normalized spacial score (nSPS) is 13.3. The summed E-state index contributed by atoms with van der Waals surface area (Å²) < 4.78 is 4.82. The molecule has 3 aromatic rings. The van der Waals surface area contributed by atoms with Gasteiger partial charge in [-0.2, -0.15) is 0 Å². The molecule has 0 radical (unpaired) electrons. The van der Waals surface area contributed by atoms with Crippen LogP contribution < -0.4 is 10.6 Å². The highest BCUT2D eigenvalue weighted by Crippen LogP contribution is 2.26. The Morgan fingerprint density at radius 1 is 0.857 bits per heavy atom. The first-order chi connectivity index (χ1) is 16.8. The van der Waals surface area contributed by atoms with Gasteiger partial charge in [0.05, 0.1) is 13.2 Å². The van der Waals surface area contributed by atoms with Gasteiger partial charge < -0.3 is 20.5 Å². The summed E-state index contributed by atoms with van der Waals surface area (Å²) in [5.74, 6) is -2.10. The highest BCUT2D eigenvalue weighted by Gasteiger charge is 2.33. The maximum atomic E-state index is 13.1. The SMILES string of the molecule is COC(=O)[C@H](Cc1c(Cl)cccc1Cl)NC(=O)[C@H](O)[C@@H](NC(=O)c1ccccc1)c1ccccc1. The van der Waals surface area contributed by atoms with Crippen LogP contribution in [0.3, 0.4) is 0 Å². The Kier molecular flexibility index (Phi) is 9.25. The number of rotatable bonds is 9. The van der Waals surface area contributed by atoms with Gasteiger partial charge in [-0.15, -0.1) is 0 Å². The monoisotopic (exact) mass is 514 g/mol. The van der Waals surface area contributed by atoms with Gasteiger partial charge in [0.25, 0.3) is 11.8 Å². The molecule has 0 spiro atoms. The first-order valence-corrected chi connectivity index (χ1v) is 11.5. The van der Waals surface area contributed by atoms with Crippen LogP contribution in [0, 0.1) is 0 Å². The molecule has 182 valence electrons. The second-order valence-electron chi connectivity index (χ2n) is 7.66. The number of methoxy groups -OCH3 is 1. The van der Waals surface area contributed by atoms with Crippen LogP contribution >= 0.6 is 23.2 Å². The van der Waals surface area contributed by atoms with E-state index < -0.39 is 36.0 Å². The van der Waals surface area contributed by atoms with Crippen molar-refractivity contribution in [2.24, 2.45) is 0 Å². The molecule has 0 heterocycles. The van der Waals surface area contributed by atoms with Gasteiger partial charge in [-0.1, -0.05) is 77.8 Å². The van der Waals surface area contributed by atoms with E-state index in [9.17, 15) is 19.5 Å². The minimum atomic E-state index is -1.72. The van der Waals surface area contributed by atoms with E-state index in [1.54, 1.807) is 78.9 Å². The third kappa shape index (κ3) is 6.82. The number of halogens is 2. The minimum absolute atomic E-state index is 0.0595. The Balaban J connectivity index is 1.84. The fraction of sp³-hybridized carbons (Fsp3) is 0.192. The van der Waals surface area contributed by atoms with E-state index in [0.29, 0.717) is 26.7 Å². The summed E-state index contributed by atoms with van der Waals surface area (Å²) in [4.78, 5) is 38.3. The van der Waals surface area contributed by atoms with Gasteiger partial charge in [-0.25, -0.2) is 4.79 Å². The van der Waals surface area contributed by atoms with Gasteiger partial charge in [0.1, 0.15) is 6.04 Å². The van der Waals surface area contributed by atoms with Crippen molar-refractivity contribution in [3.8, 4) is 0 Å². The lowest BCUT2D eigenvalue weighted by Gasteiger charge is -2.26. The van der Waals surface area contributed by atoms with Crippen molar-refractivity contribution in [3.05, 3.63) is 106 Å². The van der Waals surface area contributed by atoms with Gasteiger partial charge in [-0.3, -0.25) is 9.59 Å². The standard InChI is InChI=1S/C26H24Cl2N2O5/c1-35-26(34)21(15-18-19(27)13-8-14-20(18)28)29-25(33)23(31)22(16-9-4-2-5-10-16)30-24(32)17-11-6-3-7-12-17/h2-14,21-23,31H,15H2,1H3,(H,29,33)(H,30,32)/t21-,22-,23+/m0/s1. The second kappa shape index (κ2) is 12.4. The highest BCUT2D eigenvalue weighted by molar-refractivity contribution is 6.36. The van der Waals surface area contributed by atoms with Crippen LogP contribution in [0.25, 0.3) is 0 Å². The maximum Gasteiger partial charge on any atom is 0.328 e. The van der Waals surface area contributed by atoms with Crippen molar-refractivity contribution in [2.45, 2.75) is 24.6 Å². The van der Waals surface area contributed by atoms with Crippen molar-refractivity contribution in [3.63, 3.8) is 0 Å². The summed E-state index contributed by atoms with van der Waals surface area (Å²) in [5.41, 5.74) is 1.31. The van der Waals surface area contributed by atoms with Gasteiger partial charge in [0.15, 0.2) is 6.10 Å². The number of carbonyl (C=O) groups excluding carboxylic acids is 3. The van der Waals surface area contributed by atoms with Crippen LogP contribution in [0.15, 0.2) is 78.9 Å². The van der Waals surface area contributed by atoms with E-state index >= 15 is 0 Å². The molecule has 3 N–H and O–H groups in total. The summed E-state index contributed by atoms with van der Waals surface area (Å²) in [6.45, 7) is 0. The van der Waals surface area contributed by atoms with Crippen LogP contribution in [0.4, 0.5) is 0 Å². The Bertz CT molecular complexity index is 1150. The van der Waals surface area contributed by atoms with Gasteiger partial charge in [0.2, 0.25) is 0 Å². The lowest BCUT2D eigenvalue weighted by atomic mass is 9.99. The molecule has 7 nitrogen and oxygen atoms in total. The molecule has 3 aromatic carbocycles. The predicted molar refractivity (Wildman–Crippen MR) is 133 cm³/mol. The number of aliphatic hydroxyl groups is 1. The number of esters is 1. The van der Waals surface area contributed by atoms with Gasteiger partial charge >= 0.3 is 5.97 Å². The van der Waals surface area contributed by atoms with E-state index in [-0.39, 0.29) is 6.42 Å². The Morgan fingerprint density at radius 2 is 1.43 bits per heavy atom. The molecule has 35 heavy (non-hydrogen) atoms. The highest BCUT2D eigenvalue weighted by atomic mass is 35.5. The molecule has 0 aromatic heterocycles. The van der Waals surface area contributed by atoms with Crippen molar-refractivity contribution in [2.75, 3.05) is 7.11 Å². The number of aliphatic hydroxyl groups excluding tert-OH is 1. The second-order valence-corrected chi connectivity index (χ2v) is 8.48. The number of benzene rings is 3.